The van der Waals surface area contributed by atoms with Gasteiger partial charge in [0.15, 0.2) is 17.1 Å². The number of rotatable bonds is 0. The molecule has 16 heavy (non-hydrogen) atoms. The SMILES string of the molecule is Cc1c(C)n(C)c2cc(F)c(F)cc2c1=O. The van der Waals surface area contributed by atoms with E-state index in [0.717, 1.165) is 17.8 Å². The molecule has 0 amide bonds. The van der Waals surface area contributed by atoms with E-state index >= 15 is 0 Å². The van der Waals surface area contributed by atoms with Crippen molar-refractivity contribution >= 4 is 10.9 Å². The van der Waals surface area contributed by atoms with Gasteiger partial charge >= 0.3 is 0 Å². The summed E-state index contributed by atoms with van der Waals surface area (Å²) < 4.78 is 27.9. The third-order valence-corrected chi connectivity index (χ3v) is 3.03. The summed E-state index contributed by atoms with van der Waals surface area (Å²) in [6.45, 7) is 3.45. The van der Waals surface area contributed by atoms with E-state index in [2.05, 4.69) is 0 Å². The van der Waals surface area contributed by atoms with Crippen LogP contribution in [0.25, 0.3) is 10.9 Å². The molecular weight excluding hydrogens is 212 g/mol. The molecule has 0 spiro atoms. The summed E-state index contributed by atoms with van der Waals surface area (Å²) in [5, 5.41) is 0.213. The van der Waals surface area contributed by atoms with Gasteiger partial charge in [0.25, 0.3) is 0 Å². The summed E-state index contributed by atoms with van der Waals surface area (Å²) in [6, 6.07) is 2.01. The zero-order valence-corrected chi connectivity index (χ0v) is 9.27. The first-order chi connectivity index (χ1) is 7.43. The second kappa shape index (κ2) is 3.40. The van der Waals surface area contributed by atoms with Gasteiger partial charge in [-0.15, -0.1) is 0 Å². The molecule has 1 aromatic carbocycles. The maximum Gasteiger partial charge on any atom is 0.192 e. The molecule has 1 aromatic heterocycles. The Kier molecular flexibility index (Phi) is 2.30. The van der Waals surface area contributed by atoms with Crippen LogP contribution in [0.3, 0.4) is 0 Å². The Hall–Kier alpha value is -1.71. The minimum Gasteiger partial charge on any atom is -0.347 e. The van der Waals surface area contributed by atoms with Crippen LogP contribution in [0, 0.1) is 25.5 Å². The van der Waals surface area contributed by atoms with Crippen molar-refractivity contribution in [2.75, 3.05) is 0 Å². The summed E-state index contributed by atoms with van der Waals surface area (Å²) in [5.74, 6) is -1.93. The Morgan fingerprint density at radius 3 is 2.31 bits per heavy atom. The molecule has 2 aromatic rings. The highest BCUT2D eigenvalue weighted by Gasteiger charge is 2.12. The molecule has 0 fully saturated rings. The fraction of sp³-hybridized carbons (Fsp3) is 0.250. The van der Waals surface area contributed by atoms with Gasteiger partial charge in [-0.3, -0.25) is 4.79 Å². The van der Waals surface area contributed by atoms with E-state index in [9.17, 15) is 13.6 Å². The first kappa shape index (κ1) is 10.8. The van der Waals surface area contributed by atoms with Crippen LogP contribution in [0.1, 0.15) is 11.3 Å². The smallest absolute Gasteiger partial charge is 0.192 e. The molecule has 2 rings (SSSR count). The average molecular weight is 223 g/mol. The van der Waals surface area contributed by atoms with Crippen LogP contribution < -0.4 is 5.43 Å². The van der Waals surface area contributed by atoms with E-state index in [4.69, 9.17) is 0 Å². The van der Waals surface area contributed by atoms with Gasteiger partial charge in [-0.05, 0) is 19.9 Å². The monoisotopic (exact) mass is 223 g/mol. The third-order valence-electron chi connectivity index (χ3n) is 3.03. The number of fused-ring (bicyclic) bond motifs is 1. The molecule has 0 N–H and O–H groups in total. The van der Waals surface area contributed by atoms with Gasteiger partial charge in [-0.25, -0.2) is 8.78 Å². The number of nitrogens with zero attached hydrogens (tertiary/aromatic N) is 1. The van der Waals surface area contributed by atoms with Crippen LogP contribution in [-0.2, 0) is 7.05 Å². The topological polar surface area (TPSA) is 22.0 Å². The lowest BCUT2D eigenvalue weighted by Crippen LogP contribution is -2.15. The molecule has 0 atom stereocenters. The van der Waals surface area contributed by atoms with Crippen LogP contribution in [0.2, 0.25) is 0 Å². The molecule has 2 nitrogen and oxygen atoms in total. The second-order valence-electron chi connectivity index (χ2n) is 3.88. The highest BCUT2D eigenvalue weighted by atomic mass is 19.2. The molecular formula is C12H11F2NO. The van der Waals surface area contributed by atoms with Crippen LogP contribution >= 0.6 is 0 Å². The van der Waals surface area contributed by atoms with Crippen LogP contribution in [0.4, 0.5) is 8.78 Å². The van der Waals surface area contributed by atoms with E-state index in [0.29, 0.717) is 11.1 Å². The van der Waals surface area contributed by atoms with Gasteiger partial charge in [0, 0.05) is 29.8 Å². The van der Waals surface area contributed by atoms with Crippen LogP contribution in [-0.4, -0.2) is 4.57 Å². The molecule has 0 aliphatic carbocycles. The third kappa shape index (κ3) is 1.33. The molecule has 0 unspecified atom stereocenters. The lowest BCUT2D eigenvalue weighted by atomic mass is 10.1. The lowest BCUT2D eigenvalue weighted by molar-refractivity contribution is 0.510. The molecule has 0 bridgehead atoms. The number of hydrogen-bond acceptors (Lipinski definition) is 1. The first-order valence-electron chi connectivity index (χ1n) is 4.88. The normalized spacial score (nSPS) is 11.1. The Balaban J connectivity index is 3.09. The summed E-state index contributed by atoms with van der Waals surface area (Å²) in [6.07, 6.45) is 0. The van der Waals surface area contributed by atoms with Gasteiger partial charge in [-0.2, -0.15) is 0 Å². The van der Waals surface area contributed by atoms with Crippen molar-refractivity contribution in [2.24, 2.45) is 7.05 Å². The van der Waals surface area contributed by atoms with E-state index < -0.39 is 11.6 Å². The Labute approximate surface area is 91.1 Å². The summed E-state index contributed by atoms with van der Waals surface area (Å²) in [4.78, 5) is 11.9. The van der Waals surface area contributed by atoms with Crippen molar-refractivity contribution in [3.05, 3.63) is 45.2 Å². The van der Waals surface area contributed by atoms with Crippen molar-refractivity contribution < 1.29 is 8.78 Å². The first-order valence-corrected chi connectivity index (χ1v) is 4.88. The van der Waals surface area contributed by atoms with E-state index in [1.54, 1.807) is 25.5 Å². The standard InChI is InChI=1S/C12H11F2NO/c1-6-7(2)15(3)11-5-10(14)9(13)4-8(11)12(6)16/h4-5H,1-3H3. The quantitative estimate of drug-likeness (QED) is 0.672. The Morgan fingerprint density at radius 2 is 1.69 bits per heavy atom. The van der Waals surface area contributed by atoms with Crippen molar-refractivity contribution in [1.29, 1.82) is 0 Å². The Morgan fingerprint density at radius 1 is 1.12 bits per heavy atom. The number of hydrogen-bond donors (Lipinski definition) is 0. The summed E-state index contributed by atoms with van der Waals surface area (Å²) in [5.41, 5.74) is 1.47. The maximum atomic E-state index is 13.1. The summed E-state index contributed by atoms with van der Waals surface area (Å²) >= 11 is 0. The van der Waals surface area contributed by atoms with Gasteiger partial charge in [0.2, 0.25) is 0 Å². The fourth-order valence-corrected chi connectivity index (χ4v) is 1.79. The van der Waals surface area contributed by atoms with Crippen molar-refractivity contribution in [3.63, 3.8) is 0 Å². The van der Waals surface area contributed by atoms with Gasteiger partial charge in [-0.1, -0.05) is 0 Å². The highest BCUT2D eigenvalue weighted by molar-refractivity contribution is 5.80. The minimum atomic E-state index is -0.993. The van der Waals surface area contributed by atoms with E-state index in [1.165, 1.54) is 0 Å². The number of benzene rings is 1. The van der Waals surface area contributed by atoms with E-state index in [1.807, 2.05) is 0 Å². The van der Waals surface area contributed by atoms with E-state index in [-0.39, 0.29) is 10.8 Å². The largest absolute Gasteiger partial charge is 0.347 e. The molecule has 0 radical (unpaired) electrons. The van der Waals surface area contributed by atoms with Crippen LogP contribution in [0.15, 0.2) is 16.9 Å². The molecule has 0 aliphatic heterocycles. The van der Waals surface area contributed by atoms with Crippen molar-refractivity contribution in [1.82, 2.24) is 4.57 Å². The fourth-order valence-electron chi connectivity index (χ4n) is 1.79. The molecule has 1 heterocycles. The van der Waals surface area contributed by atoms with Crippen molar-refractivity contribution in [3.8, 4) is 0 Å². The number of aryl methyl sites for hydroxylation is 1. The zero-order chi connectivity index (χ0) is 12.0. The molecule has 0 aliphatic rings. The number of aromatic nitrogens is 1. The number of halogens is 2. The second-order valence-corrected chi connectivity index (χ2v) is 3.88. The predicted molar refractivity (Wildman–Crippen MR) is 58.6 cm³/mol. The molecule has 0 saturated carbocycles. The van der Waals surface area contributed by atoms with Crippen LogP contribution in [0.5, 0.6) is 0 Å². The molecule has 4 heteroatoms. The van der Waals surface area contributed by atoms with Gasteiger partial charge in [0.05, 0.1) is 5.52 Å². The Bertz CT molecular complexity index is 644. The van der Waals surface area contributed by atoms with Crippen molar-refractivity contribution in [2.45, 2.75) is 13.8 Å². The summed E-state index contributed by atoms with van der Waals surface area (Å²) in [7, 11) is 1.72. The predicted octanol–water partition coefficient (Wildman–Crippen LogP) is 2.43. The van der Waals surface area contributed by atoms with Gasteiger partial charge in [0.1, 0.15) is 0 Å². The molecule has 0 saturated heterocycles. The number of pyridine rings is 1. The van der Waals surface area contributed by atoms with Gasteiger partial charge < -0.3 is 4.57 Å². The minimum absolute atomic E-state index is 0.213. The molecule has 84 valence electrons. The average Bonchev–Trinajstić information content (AvgIpc) is 2.26. The maximum absolute atomic E-state index is 13.1. The highest BCUT2D eigenvalue weighted by Crippen LogP contribution is 2.17. The lowest BCUT2D eigenvalue weighted by Gasteiger charge is -2.12. The zero-order valence-electron chi connectivity index (χ0n) is 9.27.